The van der Waals surface area contributed by atoms with Gasteiger partial charge in [0.15, 0.2) is 9.84 Å². The lowest BCUT2D eigenvalue weighted by molar-refractivity contribution is 0.609. The summed E-state index contributed by atoms with van der Waals surface area (Å²) < 4.78 is 24.2. The summed E-state index contributed by atoms with van der Waals surface area (Å²) in [6.07, 6.45) is 3.73. The second-order valence-corrected chi connectivity index (χ2v) is 7.51. The van der Waals surface area contributed by atoms with Gasteiger partial charge >= 0.3 is 0 Å². The highest BCUT2D eigenvalue weighted by molar-refractivity contribution is 8.00. The van der Waals surface area contributed by atoms with Gasteiger partial charge in [0.25, 0.3) is 0 Å². The predicted octanol–water partition coefficient (Wildman–Crippen LogP) is 1.65. The minimum Gasteiger partial charge on any atom is -0.372 e. The second kappa shape index (κ2) is 5.22. The van der Waals surface area contributed by atoms with Crippen molar-refractivity contribution in [3.8, 4) is 0 Å². The zero-order chi connectivity index (χ0) is 14.2. The molecular formula is C15H20N2O2S. The lowest BCUT2D eigenvalue weighted by Gasteiger charge is -2.24. The number of anilines is 1. The van der Waals surface area contributed by atoms with Gasteiger partial charge in [-0.15, -0.1) is 0 Å². The van der Waals surface area contributed by atoms with Gasteiger partial charge in [0, 0.05) is 38.1 Å². The first-order chi connectivity index (χ1) is 9.55. The van der Waals surface area contributed by atoms with E-state index in [2.05, 4.69) is 16.3 Å². The van der Waals surface area contributed by atoms with Crippen LogP contribution in [-0.2, 0) is 9.84 Å². The number of nitrogens with one attached hydrogen (secondary N) is 1. The van der Waals surface area contributed by atoms with Crippen LogP contribution in [0, 0.1) is 0 Å². The van der Waals surface area contributed by atoms with E-state index in [9.17, 15) is 8.42 Å². The molecule has 108 valence electrons. The minimum atomic E-state index is -3.20. The third-order valence-electron chi connectivity index (χ3n) is 3.95. The molecule has 5 heteroatoms. The Balaban J connectivity index is 2.02. The van der Waals surface area contributed by atoms with Gasteiger partial charge in [-0.1, -0.05) is 12.1 Å². The average Bonchev–Trinajstić information content (AvgIpc) is 2.86. The monoisotopic (exact) mass is 292 g/mol. The van der Waals surface area contributed by atoms with Crippen LogP contribution in [-0.4, -0.2) is 40.9 Å². The zero-order valence-corrected chi connectivity index (χ0v) is 12.5. The van der Waals surface area contributed by atoms with Gasteiger partial charge in [-0.2, -0.15) is 0 Å². The van der Waals surface area contributed by atoms with Crippen molar-refractivity contribution in [1.82, 2.24) is 5.32 Å². The molecule has 0 atom stereocenters. The Kier molecular flexibility index (Phi) is 3.56. The quantitative estimate of drug-likeness (QED) is 0.920. The van der Waals surface area contributed by atoms with E-state index in [0.717, 1.165) is 29.9 Å². The molecule has 3 rings (SSSR count). The first kappa shape index (κ1) is 13.6. The fourth-order valence-corrected chi connectivity index (χ4v) is 4.13. The molecule has 0 saturated carbocycles. The summed E-state index contributed by atoms with van der Waals surface area (Å²) in [5, 5.41) is 3.12. The Morgan fingerprint density at radius 3 is 2.45 bits per heavy atom. The Morgan fingerprint density at radius 2 is 1.90 bits per heavy atom. The molecule has 0 spiro atoms. The van der Waals surface area contributed by atoms with E-state index in [0.29, 0.717) is 18.0 Å². The highest BCUT2D eigenvalue weighted by atomic mass is 32.2. The van der Waals surface area contributed by atoms with Gasteiger partial charge < -0.3 is 10.2 Å². The molecule has 1 N–H and O–H groups in total. The molecule has 2 fully saturated rings. The van der Waals surface area contributed by atoms with E-state index in [1.807, 2.05) is 18.2 Å². The van der Waals surface area contributed by atoms with E-state index >= 15 is 0 Å². The maximum absolute atomic E-state index is 12.1. The standard InChI is InChI=1S/C15H20N2O2S/c1-20(18,19)15(13-10-16-11-13)12-5-4-6-14(9-12)17-7-2-3-8-17/h4-6,9,16H,2-3,7-8,10-11H2,1H3. The molecule has 0 unspecified atom stereocenters. The number of sulfone groups is 1. The van der Waals surface area contributed by atoms with Crippen LogP contribution in [0.3, 0.4) is 0 Å². The maximum atomic E-state index is 12.1. The Hall–Kier alpha value is -1.33. The Morgan fingerprint density at radius 1 is 1.20 bits per heavy atom. The Bertz CT molecular complexity index is 638. The second-order valence-electron chi connectivity index (χ2n) is 5.55. The lowest BCUT2D eigenvalue weighted by atomic mass is 10.1. The van der Waals surface area contributed by atoms with Crippen molar-refractivity contribution < 1.29 is 8.42 Å². The van der Waals surface area contributed by atoms with E-state index in [4.69, 9.17) is 0 Å². The molecule has 1 aromatic carbocycles. The summed E-state index contributed by atoms with van der Waals surface area (Å²) in [4.78, 5) is 2.84. The molecule has 20 heavy (non-hydrogen) atoms. The number of nitrogens with zero attached hydrogens (tertiary/aromatic N) is 1. The molecule has 4 nitrogen and oxygen atoms in total. The molecule has 0 amide bonds. The summed E-state index contributed by atoms with van der Waals surface area (Å²) in [5.41, 5.74) is 2.95. The minimum absolute atomic E-state index is 0.511. The van der Waals surface area contributed by atoms with Crippen LogP contribution in [0.2, 0.25) is 0 Å². The number of benzene rings is 1. The fourth-order valence-electron chi connectivity index (χ4n) is 2.91. The van der Waals surface area contributed by atoms with Gasteiger partial charge in [0.05, 0.1) is 4.91 Å². The van der Waals surface area contributed by atoms with Crippen LogP contribution >= 0.6 is 0 Å². The van der Waals surface area contributed by atoms with Crippen LogP contribution in [0.15, 0.2) is 29.8 Å². The highest BCUT2D eigenvalue weighted by Gasteiger charge is 2.24. The van der Waals surface area contributed by atoms with Gasteiger partial charge in [0.2, 0.25) is 0 Å². The number of hydrogen-bond donors (Lipinski definition) is 1. The molecule has 1 aromatic rings. The summed E-state index contributed by atoms with van der Waals surface area (Å²) in [6.45, 7) is 3.48. The zero-order valence-electron chi connectivity index (χ0n) is 11.7. The van der Waals surface area contributed by atoms with E-state index in [1.165, 1.54) is 19.1 Å². The van der Waals surface area contributed by atoms with Gasteiger partial charge in [-0.05, 0) is 36.1 Å². The molecule has 0 aromatic heterocycles. The molecule has 0 bridgehead atoms. The van der Waals surface area contributed by atoms with Crippen molar-refractivity contribution in [2.75, 3.05) is 37.3 Å². The molecule has 2 saturated heterocycles. The molecule has 2 heterocycles. The van der Waals surface area contributed by atoms with Crippen molar-refractivity contribution in [1.29, 1.82) is 0 Å². The van der Waals surface area contributed by atoms with E-state index in [-0.39, 0.29) is 0 Å². The smallest absolute Gasteiger partial charge is 0.176 e. The number of hydrogen-bond acceptors (Lipinski definition) is 4. The largest absolute Gasteiger partial charge is 0.372 e. The van der Waals surface area contributed by atoms with Gasteiger partial charge in [0.1, 0.15) is 0 Å². The SMILES string of the molecule is CS(=O)(=O)C(=C1CNC1)c1cccc(N2CCCC2)c1. The van der Waals surface area contributed by atoms with Crippen LogP contribution < -0.4 is 10.2 Å². The van der Waals surface area contributed by atoms with Crippen LogP contribution in [0.4, 0.5) is 5.69 Å². The van der Waals surface area contributed by atoms with Crippen LogP contribution in [0.1, 0.15) is 18.4 Å². The predicted molar refractivity (Wildman–Crippen MR) is 82.5 cm³/mol. The van der Waals surface area contributed by atoms with Crippen molar-refractivity contribution in [3.63, 3.8) is 0 Å². The highest BCUT2D eigenvalue weighted by Crippen LogP contribution is 2.30. The summed E-state index contributed by atoms with van der Waals surface area (Å²) in [5.74, 6) is 0. The molecule has 0 radical (unpaired) electrons. The fraction of sp³-hybridized carbons (Fsp3) is 0.467. The summed E-state index contributed by atoms with van der Waals surface area (Å²) in [6, 6.07) is 7.95. The van der Waals surface area contributed by atoms with Crippen LogP contribution in [0.25, 0.3) is 4.91 Å². The van der Waals surface area contributed by atoms with Crippen molar-refractivity contribution in [2.24, 2.45) is 0 Å². The van der Waals surface area contributed by atoms with E-state index in [1.54, 1.807) is 0 Å². The molecule has 0 aliphatic carbocycles. The lowest BCUT2D eigenvalue weighted by Crippen LogP contribution is -2.35. The normalized spacial score (nSPS) is 19.1. The molecule has 2 aliphatic rings. The number of rotatable bonds is 3. The van der Waals surface area contributed by atoms with Crippen molar-refractivity contribution >= 4 is 20.4 Å². The van der Waals surface area contributed by atoms with Crippen LogP contribution in [0.5, 0.6) is 0 Å². The molecular weight excluding hydrogens is 272 g/mol. The third-order valence-corrected chi connectivity index (χ3v) is 5.21. The van der Waals surface area contributed by atoms with E-state index < -0.39 is 9.84 Å². The van der Waals surface area contributed by atoms with Crippen molar-refractivity contribution in [3.05, 3.63) is 35.4 Å². The molecule has 2 aliphatic heterocycles. The average molecular weight is 292 g/mol. The van der Waals surface area contributed by atoms with Crippen molar-refractivity contribution in [2.45, 2.75) is 12.8 Å². The maximum Gasteiger partial charge on any atom is 0.176 e. The first-order valence-electron chi connectivity index (χ1n) is 7.04. The first-order valence-corrected chi connectivity index (χ1v) is 8.93. The summed E-state index contributed by atoms with van der Waals surface area (Å²) >= 11 is 0. The van der Waals surface area contributed by atoms with Gasteiger partial charge in [-0.3, -0.25) is 0 Å². The Labute approximate surface area is 120 Å². The topological polar surface area (TPSA) is 49.4 Å². The van der Waals surface area contributed by atoms with Gasteiger partial charge in [-0.25, -0.2) is 8.42 Å². The third kappa shape index (κ3) is 2.60. The summed E-state index contributed by atoms with van der Waals surface area (Å²) in [7, 11) is -3.20.